The molecule has 0 aliphatic carbocycles. The summed E-state index contributed by atoms with van der Waals surface area (Å²) >= 11 is 0. The summed E-state index contributed by atoms with van der Waals surface area (Å²) in [6, 6.07) is 9.22. The minimum absolute atomic E-state index is 0.313. The van der Waals surface area contributed by atoms with E-state index in [1.807, 2.05) is 18.2 Å². The Balaban J connectivity index is 1.98. The third-order valence-electron chi connectivity index (χ3n) is 3.93. The van der Waals surface area contributed by atoms with Crippen LogP contribution in [0.4, 0.5) is 0 Å². The Labute approximate surface area is 122 Å². The Bertz CT molecular complexity index is 456. The fourth-order valence-corrected chi connectivity index (χ4v) is 2.82. The third kappa shape index (κ3) is 3.75. The molecule has 1 aromatic rings. The lowest BCUT2D eigenvalue weighted by Gasteiger charge is -2.39. The van der Waals surface area contributed by atoms with Gasteiger partial charge in [0.05, 0.1) is 0 Å². The summed E-state index contributed by atoms with van der Waals surface area (Å²) in [5.74, 6) is 3.38. The average molecular weight is 272 g/mol. The monoisotopic (exact) mass is 272 g/mol. The first kappa shape index (κ1) is 14.9. The second-order valence-corrected chi connectivity index (χ2v) is 5.47. The molecule has 1 aliphatic heterocycles. The summed E-state index contributed by atoms with van der Waals surface area (Å²) < 4.78 is 5.59. The van der Waals surface area contributed by atoms with Crippen molar-refractivity contribution in [1.82, 2.24) is 10.4 Å². The van der Waals surface area contributed by atoms with Crippen molar-refractivity contribution in [2.75, 3.05) is 6.61 Å². The molecule has 1 saturated heterocycles. The highest BCUT2D eigenvalue weighted by molar-refractivity contribution is 5.33. The zero-order chi connectivity index (χ0) is 14.4. The topological polar surface area (TPSA) is 24.5 Å². The molecule has 1 N–H and O–H groups in total. The predicted molar refractivity (Wildman–Crippen MR) is 82.2 cm³/mol. The van der Waals surface area contributed by atoms with Gasteiger partial charge in [-0.1, -0.05) is 30.5 Å². The van der Waals surface area contributed by atoms with E-state index in [-0.39, 0.29) is 0 Å². The van der Waals surface area contributed by atoms with Crippen molar-refractivity contribution in [3.05, 3.63) is 29.8 Å². The molecule has 2 atom stereocenters. The maximum absolute atomic E-state index is 5.59. The number of hydrogen-bond acceptors (Lipinski definition) is 3. The summed E-state index contributed by atoms with van der Waals surface area (Å²) in [6.45, 7) is 5.65. The number of hydrogen-bond donors (Lipinski definition) is 1. The van der Waals surface area contributed by atoms with E-state index >= 15 is 0 Å². The van der Waals surface area contributed by atoms with Crippen LogP contribution >= 0.6 is 0 Å². The SMILES string of the molecule is C#CCOc1ccccc1CNN1C(C)CCCC1C. The van der Waals surface area contributed by atoms with Crippen LogP contribution in [0.1, 0.15) is 38.7 Å². The highest BCUT2D eigenvalue weighted by Gasteiger charge is 2.24. The minimum Gasteiger partial charge on any atom is -0.481 e. The van der Waals surface area contributed by atoms with Crippen molar-refractivity contribution >= 4 is 0 Å². The number of rotatable bonds is 5. The van der Waals surface area contributed by atoms with Gasteiger partial charge in [-0.25, -0.2) is 5.01 Å². The Morgan fingerprint density at radius 2 is 2.00 bits per heavy atom. The molecule has 0 saturated carbocycles. The number of benzene rings is 1. The van der Waals surface area contributed by atoms with Crippen LogP contribution in [0.3, 0.4) is 0 Å². The number of piperidine rings is 1. The molecule has 3 nitrogen and oxygen atoms in total. The van der Waals surface area contributed by atoms with E-state index in [1.165, 1.54) is 19.3 Å². The third-order valence-corrected chi connectivity index (χ3v) is 3.93. The van der Waals surface area contributed by atoms with Crippen LogP contribution in [-0.2, 0) is 6.54 Å². The Morgan fingerprint density at radius 3 is 2.70 bits per heavy atom. The lowest BCUT2D eigenvalue weighted by Crippen LogP contribution is -2.51. The van der Waals surface area contributed by atoms with E-state index < -0.39 is 0 Å². The van der Waals surface area contributed by atoms with Gasteiger partial charge in [-0.2, -0.15) is 0 Å². The quantitative estimate of drug-likeness (QED) is 0.834. The fourth-order valence-electron chi connectivity index (χ4n) is 2.82. The Kier molecular flexibility index (Phi) is 5.46. The molecule has 2 unspecified atom stereocenters. The summed E-state index contributed by atoms with van der Waals surface area (Å²) in [7, 11) is 0. The lowest BCUT2D eigenvalue weighted by molar-refractivity contribution is 0.0432. The van der Waals surface area contributed by atoms with Crippen molar-refractivity contribution < 1.29 is 4.74 Å². The van der Waals surface area contributed by atoms with Gasteiger partial charge in [0.25, 0.3) is 0 Å². The molecule has 1 aromatic carbocycles. The van der Waals surface area contributed by atoms with Gasteiger partial charge in [0.15, 0.2) is 0 Å². The van der Waals surface area contributed by atoms with Gasteiger partial charge in [-0.15, -0.1) is 6.42 Å². The molecule has 0 aromatic heterocycles. The van der Waals surface area contributed by atoms with E-state index in [2.05, 4.69) is 36.3 Å². The number of nitrogens with zero attached hydrogens (tertiary/aromatic N) is 1. The second-order valence-electron chi connectivity index (χ2n) is 5.47. The van der Waals surface area contributed by atoms with Crippen LogP contribution in [0.2, 0.25) is 0 Å². The van der Waals surface area contributed by atoms with Gasteiger partial charge in [0.1, 0.15) is 12.4 Å². The van der Waals surface area contributed by atoms with Crippen LogP contribution in [0.15, 0.2) is 24.3 Å². The van der Waals surface area contributed by atoms with Gasteiger partial charge in [-0.05, 0) is 32.8 Å². The van der Waals surface area contributed by atoms with Gasteiger partial charge < -0.3 is 4.74 Å². The summed E-state index contributed by atoms with van der Waals surface area (Å²) in [5, 5.41) is 2.38. The number of hydrazine groups is 1. The molecular formula is C17H24N2O. The molecule has 2 rings (SSSR count). The maximum Gasteiger partial charge on any atom is 0.148 e. The number of nitrogens with one attached hydrogen (secondary N) is 1. The van der Waals surface area contributed by atoms with Crippen LogP contribution in [0, 0.1) is 12.3 Å². The van der Waals surface area contributed by atoms with Gasteiger partial charge in [-0.3, -0.25) is 5.43 Å². The molecular weight excluding hydrogens is 248 g/mol. The number of ether oxygens (including phenoxy) is 1. The van der Waals surface area contributed by atoms with Gasteiger partial charge in [0, 0.05) is 24.2 Å². The van der Waals surface area contributed by atoms with Crippen LogP contribution in [0.25, 0.3) is 0 Å². The molecule has 1 aliphatic rings. The lowest BCUT2D eigenvalue weighted by atomic mass is 10.00. The fraction of sp³-hybridized carbons (Fsp3) is 0.529. The molecule has 1 fully saturated rings. The number of terminal acetylenes is 1. The molecule has 0 spiro atoms. The molecule has 20 heavy (non-hydrogen) atoms. The van der Waals surface area contributed by atoms with Crippen LogP contribution in [-0.4, -0.2) is 23.7 Å². The predicted octanol–water partition coefficient (Wildman–Crippen LogP) is 2.97. The van der Waals surface area contributed by atoms with Crippen LogP contribution < -0.4 is 10.2 Å². The first-order valence-electron chi connectivity index (χ1n) is 7.38. The molecule has 3 heteroatoms. The summed E-state index contributed by atoms with van der Waals surface area (Å²) in [4.78, 5) is 0. The second kappa shape index (κ2) is 7.33. The molecule has 108 valence electrons. The van der Waals surface area contributed by atoms with Crippen molar-refractivity contribution in [2.24, 2.45) is 0 Å². The Hall–Kier alpha value is -1.50. The van der Waals surface area contributed by atoms with Crippen LogP contribution in [0.5, 0.6) is 5.75 Å². The molecule has 1 heterocycles. The number of para-hydroxylation sites is 1. The van der Waals surface area contributed by atoms with Crippen molar-refractivity contribution in [1.29, 1.82) is 0 Å². The first-order chi connectivity index (χ1) is 9.72. The zero-order valence-electron chi connectivity index (χ0n) is 12.4. The summed E-state index contributed by atoms with van der Waals surface area (Å²) in [6.07, 6.45) is 9.09. The average Bonchev–Trinajstić information content (AvgIpc) is 2.45. The van der Waals surface area contributed by atoms with E-state index in [0.717, 1.165) is 17.9 Å². The standard InChI is InChI=1S/C17H24N2O/c1-4-12-20-17-11-6-5-10-16(17)13-18-19-14(2)8-7-9-15(19)3/h1,5-6,10-11,14-15,18H,7-9,12-13H2,2-3H3. The smallest absolute Gasteiger partial charge is 0.148 e. The summed E-state index contributed by atoms with van der Waals surface area (Å²) in [5.41, 5.74) is 4.70. The first-order valence-corrected chi connectivity index (χ1v) is 7.38. The normalized spacial score (nSPS) is 23.2. The van der Waals surface area contributed by atoms with Crippen molar-refractivity contribution in [3.63, 3.8) is 0 Å². The van der Waals surface area contributed by atoms with E-state index in [1.54, 1.807) is 0 Å². The molecule has 0 bridgehead atoms. The highest BCUT2D eigenvalue weighted by Crippen LogP contribution is 2.22. The van der Waals surface area contributed by atoms with E-state index in [0.29, 0.717) is 18.7 Å². The largest absolute Gasteiger partial charge is 0.481 e. The van der Waals surface area contributed by atoms with Crippen molar-refractivity contribution in [3.8, 4) is 18.1 Å². The van der Waals surface area contributed by atoms with E-state index in [9.17, 15) is 0 Å². The molecule has 0 radical (unpaired) electrons. The maximum atomic E-state index is 5.59. The molecule has 0 amide bonds. The Morgan fingerprint density at radius 1 is 1.30 bits per heavy atom. The van der Waals surface area contributed by atoms with E-state index in [4.69, 9.17) is 11.2 Å². The van der Waals surface area contributed by atoms with Gasteiger partial charge in [0.2, 0.25) is 0 Å². The van der Waals surface area contributed by atoms with Gasteiger partial charge >= 0.3 is 0 Å². The highest BCUT2D eigenvalue weighted by atomic mass is 16.5. The zero-order valence-corrected chi connectivity index (χ0v) is 12.4. The van der Waals surface area contributed by atoms with Crippen molar-refractivity contribution in [2.45, 2.75) is 51.7 Å². The minimum atomic E-state index is 0.313.